The minimum atomic E-state index is -0.313. The van der Waals surface area contributed by atoms with Gasteiger partial charge in [-0.05, 0) is 26.4 Å². The van der Waals surface area contributed by atoms with Crippen molar-refractivity contribution < 1.29 is 4.74 Å². The Morgan fingerprint density at radius 1 is 1.31 bits per heavy atom. The van der Waals surface area contributed by atoms with E-state index in [-0.39, 0.29) is 11.1 Å². The summed E-state index contributed by atoms with van der Waals surface area (Å²) >= 11 is 0. The summed E-state index contributed by atoms with van der Waals surface area (Å²) in [5.41, 5.74) is -0.441. The molecule has 2 unspecified atom stereocenters. The molecule has 0 amide bonds. The van der Waals surface area contributed by atoms with E-state index in [2.05, 4.69) is 38.7 Å². The van der Waals surface area contributed by atoms with E-state index in [0.717, 1.165) is 32.4 Å². The summed E-state index contributed by atoms with van der Waals surface area (Å²) in [4.78, 5) is 2.28. The molecule has 3 nitrogen and oxygen atoms in total. The predicted octanol–water partition coefficient (Wildman–Crippen LogP) is 2.57. The van der Waals surface area contributed by atoms with Gasteiger partial charge in [-0.25, -0.2) is 0 Å². The van der Waals surface area contributed by atoms with Gasteiger partial charge in [-0.3, -0.25) is 4.90 Å². The van der Waals surface area contributed by atoms with Gasteiger partial charge < -0.3 is 4.74 Å². The van der Waals surface area contributed by atoms with Gasteiger partial charge in [0.2, 0.25) is 0 Å². The lowest BCUT2D eigenvalue weighted by molar-refractivity contribution is -0.114. The number of nitrogens with zero attached hydrogens (tertiary/aromatic N) is 2. The highest BCUT2D eigenvalue weighted by Gasteiger charge is 2.45. The van der Waals surface area contributed by atoms with Gasteiger partial charge in [0.25, 0.3) is 0 Å². The molecule has 0 bridgehead atoms. The second kappa shape index (κ2) is 5.16. The molecule has 0 spiro atoms. The smallest absolute Gasteiger partial charge is 0.114 e. The van der Waals surface area contributed by atoms with Crippen LogP contribution in [-0.2, 0) is 4.74 Å². The number of hydrogen-bond donors (Lipinski definition) is 0. The van der Waals surface area contributed by atoms with Gasteiger partial charge in [-0.1, -0.05) is 20.8 Å². The first-order chi connectivity index (χ1) is 7.55. The maximum absolute atomic E-state index is 9.55. The molecule has 0 saturated carbocycles. The standard InChI is InChI=1S/C13H24N2O/c1-5-12(4)10-13(11-14,8-9-16-12)15(6-2)7-3/h5-10H2,1-4H3. The molecule has 0 aliphatic carbocycles. The molecule has 0 aromatic carbocycles. The topological polar surface area (TPSA) is 36.3 Å². The van der Waals surface area contributed by atoms with Crippen molar-refractivity contribution in [2.45, 2.75) is 58.1 Å². The Labute approximate surface area is 99.4 Å². The van der Waals surface area contributed by atoms with Crippen LogP contribution in [0.3, 0.4) is 0 Å². The highest BCUT2D eigenvalue weighted by molar-refractivity contribution is 5.13. The van der Waals surface area contributed by atoms with Crippen molar-refractivity contribution in [3.05, 3.63) is 0 Å². The quantitative estimate of drug-likeness (QED) is 0.736. The van der Waals surface area contributed by atoms with Crippen molar-refractivity contribution in [3.8, 4) is 6.07 Å². The van der Waals surface area contributed by atoms with Crippen molar-refractivity contribution in [2.75, 3.05) is 19.7 Å². The lowest BCUT2D eigenvalue weighted by Crippen LogP contribution is -2.56. The van der Waals surface area contributed by atoms with Crippen molar-refractivity contribution in [3.63, 3.8) is 0 Å². The molecule has 0 aromatic heterocycles. The normalized spacial score (nSPS) is 35.0. The van der Waals surface area contributed by atoms with Gasteiger partial charge in [0.15, 0.2) is 0 Å². The maximum Gasteiger partial charge on any atom is 0.114 e. The summed E-state index contributed by atoms with van der Waals surface area (Å²) in [6.07, 6.45) is 2.63. The minimum Gasteiger partial charge on any atom is -0.375 e. The third-order valence-electron chi connectivity index (χ3n) is 3.96. The average Bonchev–Trinajstić information content (AvgIpc) is 2.31. The summed E-state index contributed by atoms with van der Waals surface area (Å²) in [5.74, 6) is 0. The van der Waals surface area contributed by atoms with E-state index in [1.165, 1.54) is 0 Å². The zero-order valence-electron chi connectivity index (χ0n) is 11.0. The molecule has 0 radical (unpaired) electrons. The second-order valence-corrected chi connectivity index (χ2v) is 4.89. The van der Waals surface area contributed by atoms with Gasteiger partial charge in [0.05, 0.1) is 18.3 Å². The van der Waals surface area contributed by atoms with E-state index in [9.17, 15) is 5.26 Å². The molecule has 1 aliphatic rings. The molecule has 2 atom stereocenters. The van der Waals surface area contributed by atoms with Gasteiger partial charge in [0.1, 0.15) is 5.54 Å². The van der Waals surface area contributed by atoms with Gasteiger partial charge in [-0.2, -0.15) is 5.26 Å². The molecular weight excluding hydrogens is 200 g/mol. The van der Waals surface area contributed by atoms with E-state index < -0.39 is 0 Å². The number of rotatable bonds is 4. The number of hydrogen-bond acceptors (Lipinski definition) is 3. The lowest BCUT2D eigenvalue weighted by atomic mass is 9.79. The zero-order valence-corrected chi connectivity index (χ0v) is 11.0. The van der Waals surface area contributed by atoms with E-state index in [1.807, 2.05) is 0 Å². The third kappa shape index (κ3) is 2.39. The van der Waals surface area contributed by atoms with Crippen LogP contribution < -0.4 is 0 Å². The Morgan fingerprint density at radius 2 is 1.94 bits per heavy atom. The predicted molar refractivity (Wildman–Crippen MR) is 65.1 cm³/mol. The molecule has 0 N–H and O–H groups in total. The van der Waals surface area contributed by atoms with E-state index in [4.69, 9.17) is 4.74 Å². The second-order valence-electron chi connectivity index (χ2n) is 4.89. The van der Waals surface area contributed by atoms with Crippen molar-refractivity contribution >= 4 is 0 Å². The van der Waals surface area contributed by atoms with Crippen LogP contribution in [0.25, 0.3) is 0 Å². The van der Waals surface area contributed by atoms with Crippen LogP contribution in [-0.4, -0.2) is 35.7 Å². The summed E-state index contributed by atoms with van der Waals surface area (Å²) in [7, 11) is 0. The molecule has 1 saturated heterocycles. The number of nitriles is 1. The molecule has 1 rings (SSSR count). The summed E-state index contributed by atoms with van der Waals surface area (Å²) in [5, 5.41) is 9.55. The largest absolute Gasteiger partial charge is 0.375 e. The SMILES string of the molecule is CCN(CC)C1(C#N)CCOC(C)(CC)C1. The monoisotopic (exact) mass is 224 g/mol. The Kier molecular flexibility index (Phi) is 4.35. The maximum atomic E-state index is 9.55. The van der Waals surface area contributed by atoms with Crippen LogP contribution in [0.2, 0.25) is 0 Å². The van der Waals surface area contributed by atoms with Crippen LogP contribution in [0, 0.1) is 11.3 Å². The van der Waals surface area contributed by atoms with Crippen LogP contribution in [0.15, 0.2) is 0 Å². The zero-order chi connectivity index (χ0) is 12.2. The first-order valence-corrected chi connectivity index (χ1v) is 6.36. The van der Waals surface area contributed by atoms with Crippen molar-refractivity contribution in [2.24, 2.45) is 0 Å². The molecule has 0 aromatic rings. The Bertz CT molecular complexity index is 270. The molecule has 1 fully saturated rings. The van der Waals surface area contributed by atoms with Crippen LogP contribution in [0.1, 0.15) is 47.0 Å². The van der Waals surface area contributed by atoms with Crippen LogP contribution in [0.4, 0.5) is 0 Å². The third-order valence-corrected chi connectivity index (χ3v) is 3.96. The van der Waals surface area contributed by atoms with E-state index in [1.54, 1.807) is 0 Å². The fourth-order valence-electron chi connectivity index (χ4n) is 2.72. The van der Waals surface area contributed by atoms with E-state index in [0.29, 0.717) is 6.61 Å². The molecule has 92 valence electrons. The van der Waals surface area contributed by atoms with Crippen molar-refractivity contribution in [1.82, 2.24) is 4.90 Å². The van der Waals surface area contributed by atoms with E-state index >= 15 is 0 Å². The highest BCUT2D eigenvalue weighted by Crippen LogP contribution is 2.37. The minimum absolute atomic E-state index is 0.128. The summed E-state index contributed by atoms with van der Waals surface area (Å²) in [6.45, 7) is 11.1. The van der Waals surface area contributed by atoms with Crippen LogP contribution >= 0.6 is 0 Å². The molecule has 1 aliphatic heterocycles. The molecule has 16 heavy (non-hydrogen) atoms. The van der Waals surface area contributed by atoms with Gasteiger partial charge >= 0.3 is 0 Å². The first kappa shape index (κ1) is 13.5. The molecule has 1 heterocycles. The summed E-state index contributed by atoms with van der Waals surface area (Å²) in [6, 6.07) is 2.55. The first-order valence-electron chi connectivity index (χ1n) is 6.36. The Balaban J connectivity index is 2.92. The van der Waals surface area contributed by atoms with Gasteiger partial charge in [-0.15, -0.1) is 0 Å². The molecule has 3 heteroatoms. The molecular formula is C13H24N2O. The Hall–Kier alpha value is -0.590. The fraction of sp³-hybridized carbons (Fsp3) is 0.923. The highest BCUT2D eigenvalue weighted by atomic mass is 16.5. The van der Waals surface area contributed by atoms with Crippen molar-refractivity contribution in [1.29, 1.82) is 5.26 Å². The summed E-state index contributed by atoms with van der Waals surface area (Å²) < 4.78 is 5.83. The van der Waals surface area contributed by atoms with Crippen LogP contribution in [0.5, 0.6) is 0 Å². The number of ether oxygens (including phenoxy) is 1. The average molecular weight is 224 g/mol. The lowest BCUT2D eigenvalue weighted by Gasteiger charge is -2.47. The fourth-order valence-corrected chi connectivity index (χ4v) is 2.72. The van der Waals surface area contributed by atoms with Gasteiger partial charge in [0, 0.05) is 12.8 Å². The Morgan fingerprint density at radius 3 is 2.38 bits per heavy atom.